The summed E-state index contributed by atoms with van der Waals surface area (Å²) in [7, 11) is 0. The molecule has 25 heavy (non-hydrogen) atoms. The van der Waals surface area contributed by atoms with Gasteiger partial charge in [-0.05, 0) is 55.0 Å². The number of carbonyl (C=O) groups is 1. The minimum atomic E-state index is -0.379. The average molecular weight is 338 g/mol. The van der Waals surface area contributed by atoms with E-state index >= 15 is 0 Å². The van der Waals surface area contributed by atoms with E-state index in [1.165, 1.54) is 30.5 Å². The fraction of sp³-hybridized carbons (Fsp3) is 0.158. The maximum Gasteiger partial charge on any atom is 0.271 e. The number of amides is 1. The maximum absolute atomic E-state index is 11.9. The summed E-state index contributed by atoms with van der Waals surface area (Å²) in [5.74, 6) is 3.21. The molecule has 0 aromatic heterocycles. The molecule has 0 radical (unpaired) electrons. The van der Waals surface area contributed by atoms with Gasteiger partial charge in [-0.15, -0.1) is 6.42 Å². The summed E-state index contributed by atoms with van der Waals surface area (Å²) >= 11 is 0. The van der Waals surface area contributed by atoms with Crippen LogP contribution in [0, 0.1) is 12.3 Å². The van der Waals surface area contributed by atoms with Crippen LogP contribution in [-0.4, -0.2) is 30.4 Å². The van der Waals surface area contributed by atoms with E-state index in [1.807, 2.05) is 6.92 Å². The third-order valence-corrected chi connectivity index (χ3v) is 3.09. The van der Waals surface area contributed by atoms with Gasteiger partial charge in [0.2, 0.25) is 0 Å². The number of carbonyl (C=O) groups excluding carboxylic acids is 1. The molecule has 0 fully saturated rings. The third kappa shape index (κ3) is 5.29. The lowest BCUT2D eigenvalue weighted by Crippen LogP contribution is -2.17. The van der Waals surface area contributed by atoms with Crippen molar-refractivity contribution in [2.45, 2.75) is 6.92 Å². The maximum atomic E-state index is 11.9. The Morgan fingerprint density at radius 3 is 2.68 bits per heavy atom. The van der Waals surface area contributed by atoms with E-state index in [0.29, 0.717) is 23.7 Å². The van der Waals surface area contributed by atoms with Crippen molar-refractivity contribution in [2.24, 2.45) is 5.10 Å². The first-order chi connectivity index (χ1) is 12.1. The molecule has 128 valence electrons. The minimum absolute atomic E-state index is 0.0932. The summed E-state index contributed by atoms with van der Waals surface area (Å²) in [6, 6.07) is 11.1. The van der Waals surface area contributed by atoms with E-state index in [9.17, 15) is 9.90 Å². The number of benzene rings is 2. The number of terminal acetylenes is 1. The normalized spacial score (nSPS) is 10.2. The summed E-state index contributed by atoms with van der Waals surface area (Å²) < 4.78 is 10.9. The number of nitrogens with one attached hydrogen (secondary N) is 1. The zero-order valence-electron chi connectivity index (χ0n) is 13.7. The summed E-state index contributed by atoms with van der Waals surface area (Å²) in [5, 5.41) is 13.1. The molecule has 0 atom stereocenters. The molecule has 2 aromatic rings. The standard InChI is InChI=1S/C19H18N2O4/c1-3-11-25-17-10-5-14(12-18(17)24-4-2)13-20-21-19(23)15-6-8-16(22)9-7-15/h1,5-10,12-13,22H,4,11H2,2H3,(H,21,23)/b20-13-. The lowest BCUT2D eigenvalue weighted by atomic mass is 10.2. The van der Waals surface area contributed by atoms with Crippen LogP contribution in [0.15, 0.2) is 47.6 Å². The Kier molecular flexibility index (Phi) is 6.43. The molecule has 0 saturated heterocycles. The number of ether oxygens (including phenoxy) is 2. The van der Waals surface area contributed by atoms with Crippen LogP contribution in [0.2, 0.25) is 0 Å². The first kappa shape index (κ1) is 17.9. The van der Waals surface area contributed by atoms with Gasteiger partial charge in [-0.2, -0.15) is 5.10 Å². The first-order valence-corrected chi connectivity index (χ1v) is 7.59. The van der Waals surface area contributed by atoms with Crippen LogP contribution >= 0.6 is 0 Å². The highest BCUT2D eigenvalue weighted by molar-refractivity contribution is 5.95. The van der Waals surface area contributed by atoms with Gasteiger partial charge < -0.3 is 14.6 Å². The van der Waals surface area contributed by atoms with Crippen molar-refractivity contribution < 1.29 is 19.4 Å². The Balaban J connectivity index is 2.04. The van der Waals surface area contributed by atoms with Gasteiger partial charge in [-0.3, -0.25) is 4.79 Å². The Bertz CT molecular complexity index is 792. The van der Waals surface area contributed by atoms with Crippen molar-refractivity contribution in [3.05, 3.63) is 53.6 Å². The van der Waals surface area contributed by atoms with Crippen LogP contribution in [-0.2, 0) is 0 Å². The highest BCUT2D eigenvalue weighted by Gasteiger charge is 2.06. The number of rotatable bonds is 7. The van der Waals surface area contributed by atoms with Crippen LogP contribution in [0.3, 0.4) is 0 Å². The summed E-state index contributed by atoms with van der Waals surface area (Å²) in [4.78, 5) is 11.9. The third-order valence-electron chi connectivity index (χ3n) is 3.09. The van der Waals surface area contributed by atoms with Crippen LogP contribution in [0.25, 0.3) is 0 Å². The van der Waals surface area contributed by atoms with Gasteiger partial charge >= 0.3 is 0 Å². The second-order valence-electron chi connectivity index (χ2n) is 4.88. The molecule has 6 nitrogen and oxygen atoms in total. The smallest absolute Gasteiger partial charge is 0.271 e. The Hall–Kier alpha value is -3.46. The van der Waals surface area contributed by atoms with Crippen LogP contribution in [0.5, 0.6) is 17.2 Å². The van der Waals surface area contributed by atoms with Gasteiger partial charge in [0, 0.05) is 5.56 Å². The fourth-order valence-corrected chi connectivity index (χ4v) is 1.95. The molecule has 2 rings (SSSR count). The number of phenolic OH excluding ortho intramolecular Hbond substituents is 1. The van der Waals surface area contributed by atoms with Crippen LogP contribution in [0.4, 0.5) is 0 Å². The predicted octanol–water partition coefficient (Wildman–Crippen LogP) is 2.57. The Morgan fingerprint density at radius 1 is 1.24 bits per heavy atom. The molecule has 0 bridgehead atoms. The predicted molar refractivity (Wildman–Crippen MR) is 95.1 cm³/mol. The van der Waals surface area contributed by atoms with E-state index < -0.39 is 0 Å². The fourth-order valence-electron chi connectivity index (χ4n) is 1.95. The van der Waals surface area contributed by atoms with Crippen LogP contribution in [0.1, 0.15) is 22.8 Å². The SMILES string of the molecule is C#CCOc1ccc(/C=N\NC(=O)c2ccc(O)cc2)cc1OCC. The van der Waals surface area contributed by atoms with Gasteiger partial charge in [-0.25, -0.2) is 5.43 Å². The molecule has 0 unspecified atom stereocenters. The molecule has 0 spiro atoms. The van der Waals surface area contributed by atoms with Gasteiger partial charge in [-0.1, -0.05) is 5.92 Å². The van der Waals surface area contributed by atoms with Gasteiger partial charge in [0.1, 0.15) is 12.4 Å². The molecule has 6 heteroatoms. The van der Waals surface area contributed by atoms with Crippen molar-refractivity contribution in [2.75, 3.05) is 13.2 Å². The Morgan fingerprint density at radius 2 is 2.00 bits per heavy atom. The highest BCUT2D eigenvalue weighted by atomic mass is 16.5. The zero-order valence-corrected chi connectivity index (χ0v) is 13.7. The van der Waals surface area contributed by atoms with Crippen molar-refractivity contribution in [3.63, 3.8) is 0 Å². The van der Waals surface area contributed by atoms with Crippen molar-refractivity contribution >= 4 is 12.1 Å². The van der Waals surface area contributed by atoms with E-state index in [1.54, 1.807) is 18.2 Å². The summed E-state index contributed by atoms with van der Waals surface area (Å²) in [6.45, 7) is 2.49. The van der Waals surface area contributed by atoms with Crippen LogP contribution < -0.4 is 14.9 Å². The highest BCUT2D eigenvalue weighted by Crippen LogP contribution is 2.27. The van der Waals surface area contributed by atoms with Gasteiger partial charge in [0.25, 0.3) is 5.91 Å². The van der Waals surface area contributed by atoms with Crippen molar-refractivity contribution in [1.29, 1.82) is 0 Å². The lowest BCUT2D eigenvalue weighted by Gasteiger charge is -2.10. The van der Waals surface area contributed by atoms with E-state index in [4.69, 9.17) is 15.9 Å². The topological polar surface area (TPSA) is 80.2 Å². The lowest BCUT2D eigenvalue weighted by molar-refractivity contribution is 0.0955. The van der Waals surface area contributed by atoms with E-state index in [-0.39, 0.29) is 18.3 Å². The second kappa shape index (κ2) is 8.99. The number of hydrazone groups is 1. The van der Waals surface area contributed by atoms with Gasteiger partial charge in [0.15, 0.2) is 11.5 Å². The minimum Gasteiger partial charge on any atom is -0.508 e. The zero-order chi connectivity index (χ0) is 18.1. The summed E-state index contributed by atoms with van der Waals surface area (Å²) in [5.41, 5.74) is 3.53. The van der Waals surface area contributed by atoms with Gasteiger partial charge in [0.05, 0.1) is 12.8 Å². The quantitative estimate of drug-likeness (QED) is 0.462. The number of nitrogens with zero attached hydrogens (tertiary/aromatic N) is 1. The molecule has 0 aliphatic rings. The molecule has 2 aromatic carbocycles. The number of hydrogen-bond donors (Lipinski definition) is 2. The Labute approximate surface area is 146 Å². The molecule has 0 aliphatic carbocycles. The number of hydrogen-bond acceptors (Lipinski definition) is 5. The van der Waals surface area contributed by atoms with Crippen molar-refractivity contribution in [3.8, 4) is 29.6 Å². The largest absolute Gasteiger partial charge is 0.508 e. The summed E-state index contributed by atoms with van der Waals surface area (Å²) in [6.07, 6.45) is 6.68. The molecule has 0 heterocycles. The molecule has 1 amide bonds. The molecule has 0 aliphatic heterocycles. The first-order valence-electron chi connectivity index (χ1n) is 7.59. The molecular weight excluding hydrogens is 320 g/mol. The second-order valence-corrected chi connectivity index (χ2v) is 4.88. The molecule has 2 N–H and O–H groups in total. The molecule has 0 saturated carbocycles. The average Bonchev–Trinajstić information content (AvgIpc) is 2.62. The monoisotopic (exact) mass is 338 g/mol. The van der Waals surface area contributed by atoms with E-state index in [2.05, 4.69) is 16.4 Å². The number of phenols is 1. The molecular formula is C19H18N2O4. The number of aromatic hydroxyl groups is 1. The van der Waals surface area contributed by atoms with Crippen molar-refractivity contribution in [1.82, 2.24) is 5.43 Å². The van der Waals surface area contributed by atoms with E-state index in [0.717, 1.165) is 5.56 Å².